The van der Waals surface area contributed by atoms with Crippen molar-refractivity contribution in [2.75, 3.05) is 126 Å². The van der Waals surface area contributed by atoms with E-state index in [4.69, 9.17) is 0 Å². The van der Waals surface area contributed by atoms with Gasteiger partial charge in [-0.3, -0.25) is 0 Å². The van der Waals surface area contributed by atoms with Gasteiger partial charge in [0, 0.05) is 52.1 Å². The van der Waals surface area contributed by atoms with Crippen molar-refractivity contribution in [2.45, 2.75) is 181 Å². The molecule has 0 spiro atoms. The first-order valence-electron chi connectivity index (χ1n) is 26.8. The molecule has 68 heavy (non-hydrogen) atoms. The smallest absolute Gasteiger partial charge is 0.229 e. The number of nitrogens with one attached hydrogen (secondary N) is 6. The molecule has 390 valence electrons. The van der Waals surface area contributed by atoms with Crippen LogP contribution in [0.4, 0.5) is 35.7 Å². The normalized spacial score (nSPS) is 11.7. The molecule has 0 radical (unpaired) electrons. The molecule has 0 aromatic carbocycles. The highest BCUT2D eigenvalue weighted by Crippen LogP contribution is 2.16. The Morgan fingerprint density at radius 1 is 0.338 bits per heavy atom. The van der Waals surface area contributed by atoms with Crippen LogP contribution in [0.1, 0.15) is 181 Å². The SMILES string of the molecule is CCCCCCCCCCCCCCNc1nc(NCCC[N+](C)(C)CC(=O)[O-])nc(NCCNc2nc(NCCCCCCCCCCCCCC)nc(NCCC[N+](C)(C)CC(=O)[O-])n2)n1. The fourth-order valence-corrected chi connectivity index (χ4v) is 8.18. The van der Waals surface area contributed by atoms with Gasteiger partial charge in [-0.2, -0.15) is 29.9 Å². The summed E-state index contributed by atoms with van der Waals surface area (Å²) in [6.45, 7) is 9.34. The van der Waals surface area contributed by atoms with Crippen molar-refractivity contribution in [3.05, 3.63) is 0 Å². The molecule has 0 bridgehead atoms. The molecule has 0 aliphatic heterocycles. The minimum Gasteiger partial charge on any atom is -0.544 e. The molecule has 18 heteroatoms. The number of unbranched alkanes of at least 4 members (excludes halogenated alkanes) is 22. The molecular weight excluding hydrogens is 861 g/mol. The summed E-state index contributed by atoms with van der Waals surface area (Å²) in [5.74, 6) is 0.602. The van der Waals surface area contributed by atoms with Crippen molar-refractivity contribution in [1.29, 1.82) is 0 Å². The second-order valence-corrected chi connectivity index (χ2v) is 20.0. The van der Waals surface area contributed by atoms with Crippen LogP contribution in [0.2, 0.25) is 0 Å². The summed E-state index contributed by atoms with van der Waals surface area (Å²) < 4.78 is 0.653. The third-order valence-electron chi connectivity index (χ3n) is 12.1. The zero-order valence-corrected chi connectivity index (χ0v) is 43.7. The van der Waals surface area contributed by atoms with Gasteiger partial charge >= 0.3 is 0 Å². The topological polar surface area (TPSA) is 230 Å². The van der Waals surface area contributed by atoms with E-state index in [9.17, 15) is 19.8 Å². The highest BCUT2D eigenvalue weighted by molar-refractivity contribution is 5.65. The van der Waals surface area contributed by atoms with Crippen LogP contribution in [0.25, 0.3) is 0 Å². The summed E-state index contributed by atoms with van der Waals surface area (Å²) >= 11 is 0. The number of aliphatic carboxylic acids is 2. The third-order valence-corrected chi connectivity index (χ3v) is 12.1. The minimum atomic E-state index is -1.06. The maximum atomic E-state index is 11.2. The average Bonchev–Trinajstić information content (AvgIpc) is 3.28. The zero-order chi connectivity index (χ0) is 49.6. The summed E-state index contributed by atoms with van der Waals surface area (Å²) in [5, 5.41) is 42.5. The van der Waals surface area contributed by atoms with Crippen LogP contribution >= 0.6 is 0 Å². The first-order chi connectivity index (χ1) is 32.8. The first kappa shape index (κ1) is 59.8. The monoisotopic (exact) mass is 957 g/mol. The second-order valence-electron chi connectivity index (χ2n) is 20.0. The molecule has 0 fully saturated rings. The number of carboxylic acid groups (broad SMARTS) is 2. The van der Waals surface area contributed by atoms with E-state index in [0.29, 0.717) is 83.9 Å². The summed E-state index contributed by atoms with van der Waals surface area (Å²) in [5.41, 5.74) is 0. The molecule has 18 nitrogen and oxygen atoms in total. The summed E-state index contributed by atoms with van der Waals surface area (Å²) in [4.78, 5) is 50.3. The van der Waals surface area contributed by atoms with E-state index < -0.39 is 11.9 Å². The largest absolute Gasteiger partial charge is 0.544 e. The predicted octanol–water partition coefficient (Wildman–Crippen LogP) is 7.06. The quantitative estimate of drug-likeness (QED) is 0.0288. The van der Waals surface area contributed by atoms with E-state index in [0.717, 1.165) is 51.6 Å². The number of likely N-dealkylation sites (N-methyl/N-ethyl adjacent to an activating group) is 2. The Hall–Kier alpha value is -4.32. The van der Waals surface area contributed by atoms with Gasteiger partial charge in [-0.05, 0) is 12.8 Å². The van der Waals surface area contributed by atoms with E-state index in [1.807, 2.05) is 28.2 Å². The minimum absolute atomic E-state index is 0.0485. The number of carboxylic acids is 2. The van der Waals surface area contributed by atoms with Crippen molar-refractivity contribution >= 4 is 47.6 Å². The summed E-state index contributed by atoms with van der Waals surface area (Å²) in [6, 6.07) is 0. The maximum Gasteiger partial charge on any atom is 0.229 e. The molecular formula is C50H96N14O4. The molecule has 2 aromatic heterocycles. The molecule has 0 saturated carbocycles. The average molecular weight is 957 g/mol. The Morgan fingerprint density at radius 2 is 0.544 bits per heavy atom. The van der Waals surface area contributed by atoms with Gasteiger partial charge in [0.25, 0.3) is 0 Å². The standard InChI is InChI=1S/C50H96N14O4/c1-7-9-11-13-15-17-19-21-23-25-27-29-33-51-45-57-47(53-35-31-39-63(3,4)41-43(65)66)61-49(59-45)55-37-38-56-50-60-46(52-34-30-28-26-24-22-20-18-16-14-12-10-8-2)58-48(62-50)54-36-32-40-64(5,6)42-44(67)68/h7-42H2,1-6H3,(H6-2,51,52,53,54,55,56,57,58,59,60,61,62,65,66,67,68). The van der Waals surface area contributed by atoms with Gasteiger partial charge in [-0.15, -0.1) is 0 Å². The Balaban J connectivity index is 1.97. The lowest BCUT2D eigenvalue weighted by molar-refractivity contribution is -0.884. The lowest BCUT2D eigenvalue weighted by atomic mass is 10.1. The van der Waals surface area contributed by atoms with Gasteiger partial charge in [-0.25, -0.2) is 0 Å². The van der Waals surface area contributed by atoms with Crippen LogP contribution in [0, 0.1) is 0 Å². The number of nitrogens with zero attached hydrogens (tertiary/aromatic N) is 8. The van der Waals surface area contributed by atoms with E-state index >= 15 is 0 Å². The number of anilines is 6. The zero-order valence-electron chi connectivity index (χ0n) is 43.7. The molecule has 0 atom stereocenters. The second kappa shape index (κ2) is 37.6. The number of hydrogen-bond acceptors (Lipinski definition) is 16. The molecule has 2 heterocycles. The lowest BCUT2D eigenvalue weighted by Gasteiger charge is -2.30. The van der Waals surface area contributed by atoms with Crippen LogP contribution in [0.15, 0.2) is 0 Å². The van der Waals surface area contributed by atoms with Crippen molar-refractivity contribution < 1.29 is 28.8 Å². The number of hydrogen-bond donors (Lipinski definition) is 6. The first-order valence-corrected chi connectivity index (χ1v) is 26.8. The van der Waals surface area contributed by atoms with E-state index in [1.54, 1.807) is 0 Å². The van der Waals surface area contributed by atoms with Crippen molar-refractivity contribution in [2.24, 2.45) is 0 Å². The van der Waals surface area contributed by atoms with Crippen LogP contribution in [-0.4, -0.2) is 144 Å². The van der Waals surface area contributed by atoms with Crippen LogP contribution in [0.3, 0.4) is 0 Å². The number of carbonyl (C=O) groups is 2. The molecule has 6 N–H and O–H groups in total. The molecule has 0 aliphatic rings. The van der Waals surface area contributed by atoms with Crippen LogP contribution in [0.5, 0.6) is 0 Å². The Morgan fingerprint density at radius 3 is 0.779 bits per heavy atom. The van der Waals surface area contributed by atoms with Gasteiger partial charge < -0.3 is 60.7 Å². The van der Waals surface area contributed by atoms with Gasteiger partial charge in [0.05, 0.1) is 53.2 Å². The number of aromatic nitrogens is 6. The highest BCUT2D eigenvalue weighted by Gasteiger charge is 2.16. The van der Waals surface area contributed by atoms with Gasteiger partial charge in [0.2, 0.25) is 35.7 Å². The number of carbonyl (C=O) groups excluding carboxylic acids is 2. The van der Waals surface area contributed by atoms with Crippen molar-refractivity contribution in [1.82, 2.24) is 29.9 Å². The Kier molecular flexibility index (Phi) is 33.0. The van der Waals surface area contributed by atoms with Gasteiger partial charge in [0.15, 0.2) is 0 Å². The molecule has 0 unspecified atom stereocenters. The third kappa shape index (κ3) is 33.2. The Labute approximate surface area is 411 Å². The summed E-state index contributed by atoms with van der Waals surface area (Å²) in [7, 11) is 7.52. The van der Waals surface area contributed by atoms with Crippen molar-refractivity contribution in [3.63, 3.8) is 0 Å². The fourth-order valence-electron chi connectivity index (χ4n) is 8.18. The highest BCUT2D eigenvalue weighted by atomic mass is 16.4. The Bertz CT molecular complexity index is 1490. The summed E-state index contributed by atoms with van der Waals surface area (Å²) in [6.07, 6.45) is 32.4. The predicted molar refractivity (Wildman–Crippen MR) is 276 cm³/mol. The fraction of sp³-hybridized carbons (Fsp3) is 0.840. The van der Waals surface area contributed by atoms with Crippen LogP contribution < -0.4 is 42.1 Å². The number of quaternary nitrogens is 2. The van der Waals surface area contributed by atoms with Crippen LogP contribution in [-0.2, 0) is 9.59 Å². The number of rotatable bonds is 47. The maximum absolute atomic E-state index is 11.2. The molecule has 2 aromatic rings. The lowest BCUT2D eigenvalue weighted by Crippen LogP contribution is -2.49. The molecule has 0 saturated heterocycles. The van der Waals surface area contributed by atoms with Gasteiger partial charge in [-0.1, -0.05) is 155 Å². The van der Waals surface area contributed by atoms with E-state index in [-0.39, 0.29) is 13.1 Å². The molecule has 0 aliphatic carbocycles. The molecule has 0 amide bonds. The molecule has 2 rings (SSSR count). The van der Waals surface area contributed by atoms with E-state index in [1.165, 1.54) is 128 Å². The van der Waals surface area contributed by atoms with Gasteiger partial charge in [0.1, 0.15) is 13.1 Å². The van der Waals surface area contributed by atoms with E-state index in [2.05, 4.69) is 75.7 Å². The van der Waals surface area contributed by atoms with Crippen molar-refractivity contribution in [3.8, 4) is 0 Å².